The molecule has 4 heterocycles. The standard InChI is InChI=1S/C21H25N3O4/c25-14-17-5-6-19(28-17)21(27)23-11-9-18-15(13-23)4-7-20(26)24(18)12-8-16-3-1-2-10-22-16/h1-3,5-6,10,15,18,25H,4,7-9,11-14H2/t15-,18+/m1/s1. The van der Waals surface area contributed by atoms with Crippen molar-refractivity contribution in [1.82, 2.24) is 14.8 Å². The number of hydrogen-bond acceptors (Lipinski definition) is 5. The summed E-state index contributed by atoms with van der Waals surface area (Å²) >= 11 is 0. The molecular weight excluding hydrogens is 358 g/mol. The first-order valence-electron chi connectivity index (χ1n) is 9.84. The van der Waals surface area contributed by atoms with Gasteiger partial charge in [-0.1, -0.05) is 6.07 Å². The van der Waals surface area contributed by atoms with E-state index < -0.39 is 0 Å². The number of hydrogen-bond donors (Lipinski definition) is 1. The van der Waals surface area contributed by atoms with Gasteiger partial charge in [0.1, 0.15) is 12.4 Å². The van der Waals surface area contributed by atoms with Crippen molar-refractivity contribution in [3.8, 4) is 0 Å². The summed E-state index contributed by atoms with van der Waals surface area (Å²) in [6.45, 7) is 1.68. The van der Waals surface area contributed by atoms with Gasteiger partial charge in [0.2, 0.25) is 5.91 Å². The van der Waals surface area contributed by atoms with Crippen molar-refractivity contribution in [3.63, 3.8) is 0 Å². The summed E-state index contributed by atoms with van der Waals surface area (Å²) in [6.07, 6.45) is 4.64. The predicted molar refractivity (Wildman–Crippen MR) is 101 cm³/mol. The molecule has 28 heavy (non-hydrogen) atoms. The number of likely N-dealkylation sites (tertiary alicyclic amines) is 2. The number of aliphatic hydroxyl groups excluding tert-OH is 1. The average molecular weight is 383 g/mol. The van der Waals surface area contributed by atoms with Crippen molar-refractivity contribution >= 4 is 11.8 Å². The maximum absolute atomic E-state index is 12.7. The van der Waals surface area contributed by atoms with Crippen LogP contribution in [0.15, 0.2) is 40.9 Å². The van der Waals surface area contributed by atoms with Crippen LogP contribution in [0.5, 0.6) is 0 Å². The Labute approximate surface area is 164 Å². The van der Waals surface area contributed by atoms with Gasteiger partial charge >= 0.3 is 0 Å². The number of fused-ring (bicyclic) bond motifs is 1. The third kappa shape index (κ3) is 3.80. The Balaban J connectivity index is 1.40. The maximum Gasteiger partial charge on any atom is 0.289 e. The lowest BCUT2D eigenvalue weighted by Gasteiger charge is -2.47. The zero-order valence-corrected chi connectivity index (χ0v) is 15.8. The molecule has 2 aromatic heterocycles. The van der Waals surface area contributed by atoms with Crippen molar-refractivity contribution in [2.24, 2.45) is 5.92 Å². The number of rotatable bonds is 5. The van der Waals surface area contributed by atoms with E-state index in [1.165, 1.54) is 0 Å². The van der Waals surface area contributed by atoms with Gasteiger partial charge in [-0.2, -0.15) is 0 Å². The first-order chi connectivity index (χ1) is 13.7. The van der Waals surface area contributed by atoms with Crippen LogP contribution in [0, 0.1) is 5.92 Å². The minimum atomic E-state index is -0.217. The number of carbonyl (C=O) groups is 2. The Morgan fingerprint density at radius 2 is 2.14 bits per heavy atom. The largest absolute Gasteiger partial charge is 0.453 e. The topological polar surface area (TPSA) is 86.9 Å². The van der Waals surface area contributed by atoms with Crippen LogP contribution in [-0.2, 0) is 17.8 Å². The van der Waals surface area contributed by atoms with Gasteiger partial charge in [-0.15, -0.1) is 0 Å². The van der Waals surface area contributed by atoms with E-state index in [1.807, 2.05) is 28.0 Å². The summed E-state index contributed by atoms with van der Waals surface area (Å²) in [5.74, 6) is 1.00. The van der Waals surface area contributed by atoms with Crippen LogP contribution in [-0.4, -0.2) is 57.4 Å². The molecule has 148 valence electrons. The van der Waals surface area contributed by atoms with E-state index >= 15 is 0 Å². The van der Waals surface area contributed by atoms with Crippen LogP contribution in [0.1, 0.15) is 41.3 Å². The zero-order valence-electron chi connectivity index (χ0n) is 15.8. The third-order valence-electron chi connectivity index (χ3n) is 5.79. The molecule has 2 aliphatic heterocycles. The summed E-state index contributed by atoms with van der Waals surface area (Å²) in [4.78, 5) is 33.4. The van der Waals surface area contributed by atoms with E-state index in [0.717, 1.165) is 25.0 Å². The molecule has 2 aliphatic rings. The molecule has 2 atom stereocenters. The second-order valence-electron chi connectivity index (χ2n) is 7.49. The van der Waals surface area contributed by atoms with Crippen LogP contribution in [0.4, 0.5) is 0 Å². The number of aromatic nitrogens is 1. The lowest BCUT2D eigenvalue weighted by Crippen LogP contribution is -2.57. The fourth-order valence-electron chi connectivity index (χ4n) is 4.34. The molecule has 0 aliphatic carbocycles. The number of carbonyl (C=O) groups excluding carboxylic acids is 2. The molecule has 0 spiro atoms. The monoisotopic (exact) mass is 383 g/mol. The highest BCUT2D eigenvalue weighted by atomic mass is 16.4. The molecule has 4 rings (SSSR count). The van der Waals surface area contributed by atoms with Gasteiger partial charge in [0.25, 0.3) is 5.91 Å². The molecular formula is C21H25N3O4. The van der Waals surface area contributed by atoms with E-state index in [2.05, 4.69) is 4.98 Å². The van der Waals surface area contributed by atoms with Gasteiger partial charge < -0.3 is 19.3 Å². The van der Waals surface area contributed by atoms with E-state index in [0.29, 0.717) is 31.8 Å². The molecule has 7 heteroatoms. The van der Waals surface area contributed by atoms with Crippen molar-refractivity contribution in [2.45, 2.75) is 38.3 Å². The van der Waals surface area contributed by atoms with Crippen LogP contribution >= 0.6 is 0 Å². The Morgan fingerprint density at radius 3 is 2.89 bits per heavy atom. The fraction of sp³-hybridized carbons (Fsp3) is 0.476. The Bertz CT molecular complexity index is 835. The van der Waals surface area contributed by atoms with Gasteiger partial charge in [0, 0.05) is 50.4 Å². The number of aliphatic hydroxyl groups is 1. The first kappa shape index (κ1) is 18.7. The number of pyridine rings is 1. The fourth-order valence-corrected chi connectivity index (χ4v) is 4.34. The number of nitrogens with zero attached hydrogens (tertiary/aromatic N) is 3. The normalized spacial score (nSPS) is 22.2. The second-order valence-corrected chi connectivity index (χ2v) is 7.49. The quantitative estimate of drug-likeness (QED) is 0.852. The molecule has 0 unspecified atom stereocenters. The molecule has 0 saturated carbocycles. The Morgan fingerprint density at radius 1 is 1.25 bits per heavy atom. The van der Waals surface area contributed by atoms with E-state index in [9.17, 15) is 9.59 Å². The SMILES string of the molecule is O=C(c1ccc(CO)o1)N1CC[C@H]2[C@H](CCC(=O)N2CCc2ccccn2)C1. The summed E-state index contributed by atoms with van der Waals surface area (Å²) in [5, 5.41) is 9.12. The molecule has 7 nitrogen and oxygen atoms in total. The molecule has 1 N–H and O–H groups in total. The van der Waals surface area contributed by atoms with Crippen LogP contribution in [0.25, 0.3) is 0 Å². The zero-order chi connectivity index (χ0) is 19.5. The molecule has 2 amide bonds. The maximum atomic E-state index is 12.7. The minimum absolute atomic E-state index is 0.143. The van der Waals surface area contributed by atoms with Crippen molar-refractivity contribution in [3.05, 3.63) is 53.7 Å². The van der Waals surface area contributed by atoms with E-state index in [-0.39, 0.29) is 36.1 Å². The van der Waals surface area contributed by atoms with Crippen molar-refractivity contribution < 1.29 is 19.1 Å². The first-order valence-corrected chi connectivity index (χ1v) is 9.84. The van der Waals surface area contributed by atoms with Crippen LogP contribution in [0.3, 0.4) is 0 Å². The molecule has 2 fully saturated rings. The summed E-state index contributed by atoms with van der Waals surface area (Å²) in [6, 6.07) is 9.25. The molecule has 0 aromatic carbocycles. The highest BCUT2D eigenvalue weighted by Crippen LogP contribution is 2.32. The average Bonchev–Trinajstić information content (AvgIpc) is 3.22. The highest BCUT2D eigenvalue weighted by Gasteiger charge is 2.40. The molecule has 0 bridgehead atoms. The lowest BCUT2D eigenvalue weighted by molar-refractivity contribution is -0.140. The summed E-state index contributed by atoms with van der Waals surface area (Å²) in [5.41, 5.74) is 0.988. The second kappa shape index (κ2) is 8.14. The van der Waals surface area contributed by atoms with Gasteiger partial charge in [-0.05, 0) is 43.0 Å². The van der Waals surface area contributed by atoms with Gasteiger partial charge in [-0.25, -0.2) is 0 Å². The van der Waals surface area contributed by atoms with Gasteiger partial charge in [-0.3, -0.25) is 14.6 Å². The van der Waals surface area contributed by atoms with Crippen molar-refractivity contribution in [2.75, 3.05) is 19.6 Å². The number of piperidine rings is 2. The highest BCUT2D eigenvalue weighted by molar-refractivity contribution is 5.91. The third-order valence-corrected chi connectivity index (χ3v) is 5.79. The van der Waals surface area contributed by atoms with Crippen LogP contribution in [0.2, 0.25) is 0 Å². The predicted octanol–water partition coefficient (Wildman–Crippen LogP) is 1.86. The van der Waals surface area contributed by atoms with Crippen molar-refractivity contribution in [1.29, 1.82) is 0 Å². The molecule has 0 radical (unpaired) electrons. The minimum Gasteiger partial charge on any atom is -0.453 e. The van der Waals surface area contributed by atoms with Crippen LogP contribution < -0.4 is 0 Å². The molecule has 2 aromatic rings. The molecule has 2 saturated heterocycles. The summed E-state index contributed by atoms with van der Waals surface area (Å²) < 4.78 is 5.40. The van der Waals surface area contributed by atoms with Gasteiger partial charge in [0.15, 0.2) is 5.76 Å². The number of furan rings is 1. The lowest BCUT2D eigenvalue weighted by atomic mass is 9.83. The number of amides is 2. The Hall–Kier alpha value is -2.67. The Kier molecular flexibility index (Phi) is 5.43. The smallest absolute Gasteiger partial charge is 0.289 e. The van der Waals surface area contributed by atoms with Gasteiger partial charge in [0.05, 0.1) is 0 Å². The summed E-state index contributed by atoms with van der Waals surface area (Å²) in [7, 11) is 0. The van der Waals surface area contributed by atoms with E-state index in [4.69, 9.17) is 9.52 Å². The van der Waals surface area contributed by atoms with E-state index in [1.54, 1.807) is 18.3 Å².